The van der Waals surface area contributed by atoms with Gasteiger partial charge in [0.15, 0.2) is 0 Å². The van der Waals surface area contributed by atoms with E-state index in [1.165, 1.54) is 0 Å². The summed E-state index contributed by atoms with van der Waals surface area (Å²) in [5.41, 5.74) is 6.59. The molecule has 0 spiro atoms. The fourth-order valence-corrected chi connectivity index (χ4v) is 2.45. The molecule has 5 nitrogen and oxygen atoms in total. The Bertz CT molecular complexity index is 475. The number of carbonyl (C=O) groups excluding carboxylic acids is 2. The van der Waals surface area contributed by atoms with Crippen molar-refractivity contribution in [2.24, 2.45) is 11.7 Å². The first kappa shape index (κ1) is 14.5. The van der Waals surface area contributed by atoms with Gasteiger partial charge in [-0.05, 0) is 5.56 Å². The van der Waals surface area contributed by atoms with Crippen LogP contribution in [0.2, 0.25) is 0 Å². The summed E-state index contributed by atoms with van der Waals surface area (Å²) in [6, 6.07) is 9.47. The zero-order valence-electron chi connectivity index (χ0n) is 11.7. The first-order chi connectivity index (χ1) is 9.63. The van der Waals surface area contributed by atoms with Crippen molar-refractivity contribution in [2.75, 3.05) is 19.6 Å². The molecule has 1 aromatic carbocycles. The minimum Gasteiger partial charge on any atom is -0.354 e. The topological polar surface area (TPSA) is 75.4 Å². The standard InChI is InChI=1S/C15H21N3O2/c1-11(10-16)15(20)18-8-7-17-14(19)9-13(18)12-5-3-2-4-6-12/h2-6,11,13H,7-10,16H2,1H3,(H,17,19). The first-order valence-corrected chi connectivity index (χ1v) is 6.95. The molecule has 0 aliphatic carbocycles. The molecule has 0 bridgehead atoms. The van der Waals surface area contributed by atoms with Crippen LogP contribution in [0.25, 0.3) is 0 Å². The lowest BCUT2D eigenvalue weighted by Crippen LogP contribution is -2.41. The highest BCUT2D eigenvalue weighted by Gasteiger charge is 2.31. The Morgan fingerprint density at radius 2 is 2.15 bits per heavy atom. The number of nitrogens with one attached hydrogen (secondary N) is 1. The van der Waals surface area contributed by atoms with E-state index >= 15 is 0 Å². The number of hydrogen-bond donors (Lipinski definition) is 2. The van der Waals surface area contributed by atoms with Crippen molar-refractivity contribution in [1.29, 1.82) is 0 Å². The molecule has 3 N–H and O–H groups in total. The zero-order chi connectivity index (χ0) is 14.5. The molecule has 2 unspecified atom stereocenters. The van der Waals surface area contributed by atoms with Crippen molar-refractivity contribution in [1.82, 2.24) is 10.2 Å². The van der Waals surface area contributed by atoms with E-state index in [9.17, 15) is 9.59 Å². The highest BCUT2D eigenvalue weighted by molar-refractivity contribution is 5.82. The van der Waals surface area contributed by atoms with Crippen molar-refractivity contribution in [2.45, 2.75) is 19.4 Å². The molecule has 108 valence electrons. The van der Waals surface area contributed by atoms with Gasteiger partial charge in [0.2, 0.25) is 11.8 Å². The molecule has 1 aliphatic rings. The zero-order valence-corrected chi connectivity index (χ0v) is 11.7. The van der Waals surface area contributed by atoms with Crippen LogP contribution in [-0.4, -0.2) is 36.3 Å². The smallest absolute Gasteiger partial charge is 0.227 e. The predicted octanol–water partition coefficient (Wildman–Crippen LogP) is 0.671. The van der Waals surface area contributed by atoms with Gasteiger partial charge in [-0.25, -0.2) is 0 Å². The van der Waals surface area contributed by atoms with E-state index in [2.05, 4.69) is 5.32 Å². The summed E-state index contributed by atoms with van der Waals surface area (Å²) in [4.78, 5) is 26.1. The first-order valence-electron chi connectivity index (χ1n) is 6.95. The average molecular weight is 275 g/mol. The van der Waals surface area contributed by atoms with Crippen LogP contribution in [-0.2, 0) is 9.59 Å². The molecule has 5 heteroatoms. The molecule has 1 heterocycles. The van der Waals surface area contributed by atoms with E-state index in [-0.39, 0.29) is 23.8 Å². The molecule has 0 saturated carbocycles. The number of rotatable bonds is 3. The molecular formula is C15H21N3O2. The summed E-state index contributed by atoms with van der Waals surface area (Å²) in [5, 5.41) is 2.82. The van der Waals surface area contributed by atoms with Crippen LogP contribution in [0.1, 0.15) is 24.9 Å². The van der Waals surface area contributed by atoms with Gasteiger partial charge in [0, 0.05) is 25.6 Å². The second kappa shape index (κ2) is 6.52. The maximum Gasteiger partial charge on any atom is 0.227 e. The Hall–Kier alpha value is -1.88. The number of carbonyl (C=O) groups is 2. The third-order valence-corrected chi connectivity index (χ3v) is 3.67. The molecular weight excluding hydrogens is 254 g/mol. The Morgan fingerprint density at radius 3 is 2.80 bits per heavy atom. The molecule has 2 amide bonds. The minimum absolute atomic E-state index is 0.0119. The van der Waals surface area contributed by atoms with Gasteiger partial charge in [0.1, 0.15) is 0 Å². The number of benzene rings is 1. The quantitative estimate of drug-likeness (QED) is 0.851. The van der Waals surface area contributed by atoms with E-state index in [1.54, 1.807) is 4.90 Å². The van der Waals surface area contributed by atoms with Crippen molar-refractivity contribution < 1.29 is 9.59 Å². The highest BCUT2D eigenvalue weighted by Crippen LogP contribution is 2.26. The van der Waals surface area contributed by atoms with Gasteiger partial charge in [-0.3, -0.25) is 9.59 Å². The lowest BCUT2D eigenvalue weighted by atomic mass is 10.00. The third kappa shape index (κ3) is 3.17. The summed E-state index contributed by atoms with van der Waals surface area (Å²) >= 11 is 0. The largest absolute Gasteiger partial charge is 0.354 e. The fraction of sp³-hybridized carbons (Fsp3) is 0.467. The van der Waals surface area contributed by atoms with Crippen molar-refractivity contribution in [3.8, 4) is 0 Å². The summed E-state index contributed by atoms with van der Waals surface area (Å²) in [6.45, 7) is 3.16. The van der Waals surface area contributed by atoms with Gasteiger partial charge in [0.05, 0.1) is 12.5 Å². The number of amides is 2. The molecule has 2 rings (SSSR count). The summed E-state index contributed by atoms with van der Waals surface area (Å²) in [7, 11) is 0. The van der Waals surface area contributed by atoms with E-state index < -0.39 is 0 Å². The molecule has 0 aromatic heterocycles. The fourth-order valence-electron chi connectivity index (χ4n) is 2.45. The molecule has 1 aliphatic heterocycles. The van der Waals surface area contributed by atoms with Crippen LogP contribution in [0.3, 0.4) is 0 Å². The van der Waals surface area contributed by atoms with E-state index in [0.29, 0.717) is 26.1 Å². The molecule has 20 heavy (non-hydrogen) atoms. The van der Waals surface area contributed by atoms with Gasteiger partial charge in [0.25, 0.3) is 0 Å². The maximum atomic E-state index is 12.5. The number of hydrogen-bond acceptors (Lipinski definition) is 3. The maximum absolute atomic E-state index is 12.5. The van der Waals surface area contributed by atoms with Crippen molar-refractivity contribution >= 4 is 11.8 Å². The van der Waals surface area contributed by atoms with Gasteiger partial charge in [-0.15, -0.1) is 0 Å². The summed E-state index contributed by atoms with van der Waals surface area (Å²) in [5.74, 6) is -0.234. The van der Waals surface area contributed by atoms with Crippen LogP contribution < -0.4 is 11.1 Å². The Kier molecular flexibility index (Phi) is 4.74. The molecule has 1 aromatic rings. The Morgan fingerprint density at radius 1 is 1.45 bits per heavy atom. The van der Waals surface area contributed by atoms with E-state index in [1.807, 2.05) is 37.3 Å². The third-order valence-electron chi connectivity index (χ3n) is 3.67. The monoisotopic (exact) mass is 275 g/mol. The van der Waals surface area contributed by atoms with Crippen LogP contribution in [0, 0.1) is 5.92 Å². The molecule has 1 fully saturated rings. The van der Waals surface area contributed by atoms with Crippen molar-refractivity contribution in [3.05, 3.63) is 35.9 Å². The number of nitrogens with zero attached hydrogens (tertiary/aromatic N) is 1. The lowest BCUT2D eigenvalue weighted by Gasteiger charge is -2.31. The van der Waals surface area contributed by atoms with Crippen molar-refractivity contribution in [3.63, 3.8) is 0 Å². The molecule has 2 atom stereocenters. The van der Waals surface area contributed by atoms with Gasteiger partial charge in [-0.1, -0.05) is 37.3 Å². The second-order valence-corrected chi connectivity index (χ2v) is 5.15. The second-order valence-electron chi connectivity index (χ2n) is 5.15. The Balaban J connectivity index is 2.30. The highest BCUT2D eigenvalue weighted by atomic mass is 16.2. The lowest BCUT2D eigenvalue weighted by molar-refractivity contribution is -0.137. The van der Waals surface area contributed by atoms with Gasteiger partial charge >= 0.3 is 0 Å². The minimum atomic E-state index is -0.227. The molecule has 0 radical (unpaired) electrons. The normalized spacial score (nSPS) is 21.0. The van der Waals surface area contributed by atoms with Crippen LogP contribution in [0.5, 0.6) is 0 Å². The Labute approximate surface area is 119 Å². The average Bonchev–Trinajstić information content (AvgIpc) is 2.68. The SMILES string of the molecule is CC(CN)C(=O)N1CCNC(=O)CC1c1ccccc1. The van der Waals surface area contributed by atoms with Crippen LogP contribution in [0.4, 0.5) is 0 Å². The van der Waals surface area contributed by atoms with Crippen LogP contribution >= 0.6 is 0 Å². The van der Waals surface area contributed by atoms with Crippen LogP contribution in [0.15, 0.2) is 30.3 Å². The van der Waals surface area contributed by atoms with Gasteiger partial charge in [-0.2, -0.15) is 0 Å². The predicted molar refractivity (Wildman–Crippen MR) is 76.7 cm³/mol. The number of nitrogens with two attached hydrogens (primary N) is 1. The summed E-state index contributed by atoms with van der Waals surface area (Å²) < 4.78 is 0. The summed E-state index contributed by atoms with van der Waals surface area (Å²) in [6.07, 6.45) is 0.299. The molecule has 1 saturated heterocycles. The van der Waals surface area contributed by atoms with Gasteiger partial charge < -0.3 is 16.0 Å². The van der Waals surface area contributed by atoms with E-state index in [0.717, 1.165) is 5.56 Å². The van der Waals surface area contributed by atoms with E-state index in [4.69, 9.17) is 5.73 Å².